The van der Waals surface area contributed by atoms with E-state index >= 15 is 0 Å². The van der Waals surface area contributed by atoms with E-state index in [2.05, 4.69) is 24.5 Å². The van der Waals surface area contributed by atoms with Crippen molar-refractivity contribution in [3.8, 4) is 0 Å². The molecule has 0 saturated carbocycles. The van der Waals surface area contributed by atoms with Gasteiger partial charge in [0.15, 0.2) is 0 Å². The van der Waals surface area contributed by atoms with Crippen LogP contribution in [0.4, 0.5) is 11.4 Å². The molecule has 1 rings (SSSR count). The number of unbranched alkanes of at least 4 members (excludes halogenated alkanes) is 2. The van der Waals surface area contributed by atoms with Crippen LogP contribution in [0.1, 0.15) is 33.1 Å². The van der Waals surface area contributed by atoms with Gasteiger partial charge in [-0.2, -0.15) is 0 Å². The van der Waals surface area contributed by atoms with Crippen LogP contribution in [0, 0.1) is 9.02 Å². The van der Waals surface area contributed by atoms with Crippen LogP contribution in [0.5, 0.6) is 0 Å². The molecule has 0 atom stereocenters. The highest BCUT2D eigenvalue weighted by atomic mass is 32.1. The summed E-state index contributed by atoms with van der Waals surface area (Å²) in [4.78, 5) is 0. The summed E-state index contributed by atoms with van der Waals surface area (Å²) in [5.41, 5.74) is 2.09. The van der Waals surface area contributed by atoms with E-state index in [0.717, 1.165) is 33.5 Å². The van der Waals surface area contributed by atoms with Crippen molar-refractivity contribution in [2.75, 3.05) is 23.7 Å². The van der Waals surface area contributed by atoms with Crippen molar-refractivity contribution in [3.05, 3.63) is 9.02 Å². The molecule has 4 heteroatoms. The lowest BCUT2D eigenvalue weighted by molar-refractivity contribution is 0.743. The van der Waals surface area contributed by atoms with Crippen LogP contribution < -0.4 is 10.6 Å². The molecule has 0 spiro atoms. The zero-order chi connectivity index (χ0) is 11.3. The van der Waals surface area contributed by atoms with Crippen molar-refractivity contribution >= 4 is 35.8 Å². The first kappa shape index (κ1) is 12.6. The van der Waals surface area contributed by atoms with E-state index in [1.807, 2.05) is 0 Å². The van der Waals surface area contributed by atoms with Gasteiger partial charge in [0.25, 0.3) is 0 Å². The van der Waals surface area contributed by atoms with Gasteiger partial charge >= 0.3 is 0 Å². The van der Waals surface area contributed by atoms with Gasteiger partial charge in [0.1, 0.15) is 0 Å². The molecular weight excluding hydrogens is 224 g/mol. The van der Waals surface area contributed by atoms with Crippen molar-refractivity contribution < 1.29 is 0 Å². The van der Waals surface area contributed by atoms with E-state index in [1.54, 1.807) is 0 Å². The largest absolute Gasteiger partial charge is 0.382 e. The Morgan fingerprint density at radius 3 is 2.07 bits per heavy atom. The summed E-state index contributed by atoms with van der Waals surface area (Å²) < 4.78 is 1.63. The van der Waals surface area contributed by atoms with Crippen molar-refractivity contribution in [1.29, 1.82) is 0 Å². The molecule has 1 aromatic rings. The van der Waals surface area contributed by atoms with Crippen molar-refractivity contribution in [2.24, 2.45) is 0 Å². The van der Waals surface area contributed by atoms with Crippen LogP contribution in [0.2, 0.25) is 0 Å². The Morgan fingerprint density at radius 2 is 1.53 bits per heavy atom. The molecule has 0 saturated heterocycles. The molecule has 0 bridgehead atoms. The van der Waals surface area contributed by atoms with E-state index in [4.69, 9.17) is 24.4 Å². The smallest absolute Gasteiger partial charge is 0.0832 e. The fourth-order valence-electron chi connectivity index (χ4n) is 1.49. The fourth-order valence-corrected chi connectivity index (χ4v) is 2.05. The summed E-state index contributed by atoms with van der Waals surface area (Å²) in [5, 5.41) is 6.60. The molecule has 0 aromatic heterocycles. The summed E-state index contributed by atoms with van der Waals surface area (Å²) in [7, 11) is 0. The highest BCUT2D eigenvalue weighted by Crippen LogP contribution is 2.32. The first-order chi connectivity index (χ1) is 7.22. The Morgan fingerprint density at radius 1 is 0.933 bits per heavy atom. The van der Waals surface area contributed by atoms with Gasteiger partial charge in [-0.15, -0.1) is 0 Å². The first-order valence-electron chi connectivity index (χ1n) is 5.53. The fraction of sp³-hybridized carbons (Fsp3) is 0.636. The molecule has 0 fully saturated rings. The average molecular weight is 242 g/mol. The number of rotatable bonds is 7. The molecule has 2 N–H and O–H groups in total. The van der Waals surface area contributed by atoms with Crippen molar-refractivity contribution in [3.63, 3.8) is 0 Å². The highest BCUT2D eigenvalue weighted by Gasteiger charge is 2.12. The summed E-state index contributed by atoms with van der Waals surface area (Å²) >= 11 is 10.4. The molecular formula is C11H18N2S2. The number of hydrogen-bond acceptors (Lipinski definition) is 4. The minimum absolute atomic E-state index is 0.810. The first-order valence-corrected chi connectivity index (χ1v) is 6.35. The Kier molecular flexibility index (Phi) is 5.19. The van der Waals surface area contributed by atoms with Gasteiger partial charge in [-0.05, 0) is 13.3 Å². The maximum absolute atomic E-state index is 5.20. The number of hydrogen-bond donors (Lipinski definition) is 2. The van der Waals surface area contributed by atoms with E-state index in [0.29, 0.717) is 0 Å². The minimum atomic E-state index is 0.810. The lowest BCUT2D eigenvalue weighted by atomic mass is 10.2. The summed E-state index contributed by atoms with van der Waals surface area (Å²) in [6, 6.07) is 0. The second-order valence-electron chi connectivity index (χ2n) is 3.57. The normalized spacial score (nSPS) is 10.5. The van der Waals surface area contributed by atoms with Crippen molar-refractivity contribution in [2.45, 2.75) is 33.1 Å². The molecule has 0 amide bonds. The topological polar surface area (TPSA) is 24.1 Å². The summed E-state index contributed by atoms with van der Waals surface area (Å²) in [6.45, 7) is 6.14. The van der Waals surface area contributed by atoms with Gasteiger partial charge in [-0.1, -0.05) is 44.2 Å². The molecule has 0 aliphatic heterocycles. The predicted molar refractivity (Wildman–Crippen MR) is 72.7 cm³/mol. The van der Waals surface area contributed by atoms with E-state index in [9.17, 15) is 0 Å². The van der Waals surface area contributed by atoms with Crippen LogP contribution >= 0.6 is 24.4 Å². The van der Waals surface area contributed by atoms with Crippen LogP contribution in [0.25, 0.3) is 0 Å². The average Bonchev–Trinajstić information content (AvgIpc) is 2.26. The van der Waals surface area contributed by atoms with Gasteiger partial charge in [-0.3, -0.25) is 0 Å². The third kappa shape index (κ3) is 2.98. The zero-order valence-electron chi connectivity index (χ0n) is 9.35. The Hall–Kier alpha value is -0.480. The van der Waals surface area contributed by atoms with Crippen LogP contribution in [0.15, 0.2) is 0 Å². The van der Waals surface area contributed by atoms with E-state index in [-0.39, 0.29) is 0 Å². The third-order valence-corrected chi connectivity index (χ3v) is 3.29. The van der Waals surface area contributed by atoms with Gasteiger partial charge in [0.2, 0.25) is 0 Å². The number of anilines is 2. The number of nitrogens with one attached hydrogen (secondary N) is 2. The molecule has 0 aliphatic carbocycles. The molecule has 84 valence electrons. The Bertz CT molecular complexity index is 378. The molecule has 0 unspecified atom stereocenters. The standard InChI is InChI=1S/C11H18N2S2/c1-3-5-6-7-13-9-8(12-4-2)10(14)11(9)15/h12-13H,3-7H2,1-2H3. The van der Waals surface area contributed by atoms with Gasteiger partial charge < -0.3 is 10.6 Å². The minimum Gasteiger partial charge on any atom is -0.382 e. The third-order valence-electron chi connectivity index (χ3n) is 2.35. The lowest BCUT2D eigenvalue weighted by Crippen LogP contribution is -2.10. The molecule has 15 heavy (non-hydrogen) atoms. The maximum Gasteiger partial charge on any atom is 0.0832 e. The van der Waals surface area contributed by atoms with Gasteiger partial charge in [0, 0.05) is 13.1 Å². The molecule has 1 aromatic carbocycles. The van der Waals surface area contributed by atoms with Crippen LogP contribution in [-0.4, -0.2) is 13.1 Å². The van der Waals surface area contributed by atoms with Crippen LogP contribution in [-0.2, 0) is 0 Å². The molecule has 0 radical (unpaired) electrons. The van der Waals surface area contributed by atoms with E-state index < -0.39 is 0 Å². The van der Waals surface area contributed by atoms with Crippen molar-refractivity contribution in [1.82, 2.24) is 0 Å². The highest BCUT2D eigenvalue weighted by molar-refractivity contribution is 7.74. The summed E-state index contributed by atoms with van der Waals surface area (Å²) in [5.74, 6) is 0. The Balaban J connectivity index is 2.50. The monoisotopic (exact) mass is 242 g/mol. The molecule has 2 nitrogen and oxygen atoms in total. The van der Waals surface area contributed by atoms with E-state index in [1.165, 1.54) is 19.3 Å². The molecule has 0 aliphatic rings. The van der Waals surface area contributed by atoms with Crippen LogP contribution in [0.3, 0.4) is 0 Å². The SMILES string of the molecule is CCCCCNc1c(NCC)c(=S)c1=S. The lowest BCUT2D eigenvalue weighted by Gasteiger charge is -2.16. The zero-order valence-corrected chi connectivity index (χ0v) is 11.0. The molecule has 0 heterocycles. The van der Waals surface area contributed by atoms with Gasteiger partial charge in [-0.25, -0.2) is 0 Å². The maximum atomic E-state index is 5.20. The second-order valence-corrected chi connectivity index (χ2v) is 4.39. The quantitative estimate of drug-likeness (QED) is 0.556. The predicted octanol–water partition coefficient (Wildman–Crippen LogP) is 4.06. The second kappa shape index (κ2) is 6.18. The summed E-state index contributed by atoms with van der Waals surface area (Å²) in [6.07, 6.45) is 3.69. The van der Waals surface area contributed by atoms with Gasteiger partial charge in [0.05, 0.1) is 20.4 Å². The Labute approximate surface area is 102 Å².